The number of rotatable bonds is 0. The summed E-state index contributed by atoms with van der Waals surface area (Å²) in [5.74, 6) is 0.573. The minimum absolute atomic E-state index is 0.101. The van der Waals surface area contributed by atoms with E-state index in [2.05, 4.69) is 26.1 Å². The Morgan fingerprint density at radius 1 is 1.40 bits per heavy atom. The van der Waals surface area contributed by atoms with E-state index in [1.807, 2.05) is 0 Å². The van der Waals surface area contributed by atoms with Crippen molar-refractivity contribution in [1.29, 1.82) is 0 Å². The number of piperidine rings is 1. The molecule has 0 aromatic heterocycles. The third-order valence-corrected chi connectivity index (χ3v) is 2.29. The summed E-state index contributed by atoms with van der Waals surface area (Å²) in [6.07, 6.45) is 1.27. The van der Waals surface area contributed by atoms with Crippen LogP contribution in [0.25, 0.3) is 0 Å². The molecular weight excluding hydrogens is 122 g/mol. The summed E-state index contributed by atoms with van der Waals surface area (Å²) in [5, 5.41) is 3.25. The molecule has 1 aliphatic rings. The molecule has 0 bridgehead atoms. The highest BCUT2D eigenvalue weighted by Crippen LogP contribution is 2.32. The average molecular weight is 142 g/mol. The highest BCUT2D eigenvalue weighted by Gasteiger charge is 2.25. The van der Waals surface area contributed by atoms with Gasteiger partial charge in [0.25, 0.3) is 0 Å². The lowest BCUT2D eigenvalue weighted by atomic mass is 9.76. The lowest BCUT2D eigenvalue weighted by molar-refractivity contribution is 0.188. The topological polar surface area (TPSA) is 12.0 Å². The molecule has 1 aliphatic heterocycles. The van der Waals surface area contributed by atoms with Crippen LogP contribution in [0.4, 0.5) is 0 Å². The lowest BCUT2D eigenvalue weighted by Crippen LogP contribution is -2.34. The Morgan fingerprint density at radius 3 is 2.50 bits per heavy atom. The van der Waals surface area contributed by atoms with E-state index in [0.29, 0.717) is 11.3 Å². The quantitative estimate of drug-likeness (QED) is 0.545. The Kier molecular flexibility index (Phi) is 1.94. The maximum atomic E-state index is 7.82. The Hall–Kier alpha value is -0.0400. The smallest absolute Gasteiger partial charge is 0.0283 e. The van der Waals surface area contributed by atoms with Crippen molar-refractivity contribution in [3.63, 3.8) is 0 Å². The molecule has 60 valence electrons. The summed E-state index contributed by atoms with van der Waals surface area (Å²) < 4.78 is 7.82. The summed E-state index contributed by atoms with van der Waals surface area (Å²) in [6, 6.07) is 0. The van der Waals surface area contributed by atoms with Crippen molar-refractivity contribution in [2.24, 2.45) is 11.3 Å². The highest BCUT2D eigenvalue weighted by atomic mass is 14.9. The zero-order valence-corrected chi connectivity index (χ0v) is 7.28. The average Bonchev–Trinajstić information content (AvgIpc) is 1.86. The van der Waals surface area contributed by atoms with Gasteiger partial charge in [0.15, 0.2) is 0 Å². The van der Waals surface area contributed by atoms with Crippen LogP contribution in [0, 0.1) is 11.3 Å². The van der Waals surface area contributed by atoms with E-state index in [9.17, 15) is 0 Å². The van der Waals surface area contributed by atoms with Crippen molar-refractivity contribution >= 4 is 0 Å². The van der Waals surface area contributed by atoms with Crippen LogP contribution >= 0.6 is 0 Å². The van der Waals surface area contributed by atoms with Crippen molar-refractivity contribution in [2.75, 3.05) is 13.1 Å². The number of nitrogens with one attached hydrogen (secondary N) is 1. The van der Waals surface area contributed by atoms with E-state index in [1.54, 1.807) is 0 Å². The molecule has 1 saturated heterocycles. The standard InChI is InChI=1S/C9H19N/c1-9(2,3)8-4-6-10-7-5-8/h8,10H,4-7H2,1-3H3/i4D. The molecule has 1 nitrogen and oxygen atoms in total. The zero-order chi connectivity index (χ0) is 8.48. The fourth-order valence-corrected chi connectivity index (χ4v) is 1.49. The van der Waals surface area contributed by atoms with E-state index < -0.39 is 0 Å². The van der Waals surface area contributed by atoms with Gasteiger partial charge in [0.05, 0.1) is 0 Å². The third-order valence-electron chi connectivity index (χ3n) is 2.29. The number of hydrogen-bond acceptors (Lipinski definition) is 1. The van der Waals surface area contributed by atoms with Crippen LogP contribution in [0.3, 0.4) is 0 Å². The van der Waals surface area contributed by atoms with Crippen molar-refractivity contribution in [3.05, 3.63) is 0 Å². The van der Waals surface area contributed by atoms with Crippen molar-refractivity contribution in [2.45, 2.75) is 33.6 Å². The van der Waals surface area contributed by atoms with E-state index in [4.69, 9.17) is 1.37 Å². The normalized spacial score (nSPS) is 37.3. The van der Waals surface area contributed by atoms with E-state index in [0.717, 1.165) is 19.5 Å². The fourth-order valence-electron chi connectivity index (χ4n) is 1.49. The number of hydrogen-bond donors (Lipinski definition) is 1. The van der Waals surface area contributed by atoms with Gasteiger partial charge in [-0.05, 0) is 37.2 Å². The molecule has 2 unspecified atom stereocenters. The van der Waals surface area contributed by atoms with Gasteiger partial charge in [-0.1, -0.05) is 20.8 Å². The summed E-state index contributed by atoms with van der Waals surface area (Å²) in [5.41, 5.74) is 0.314. The molecule has 1 N–H and O–H groups in total. The summed E-state index contributed by atoms with van der Waals surface area (Å²) in [4.78, 5) is 0. The van der Waals surface area contributed by atoms with Gasteiger partial charge in [-0.15, -0.1) is 0 Å². The van der Waals surface area contributed by atoms with Gasteiger partial charge in [-0.2, -0.15) is 0 Å². The second kappa shape index (κ2) is 2.91. The van der Waals surface area contributed by atoms with Gasteiger partial charge < -0.3 is 5.32 Å². The molecule has 1 heteroatoms. The Bertz CT molecular complexity index is 128. The van der Waals surface area contributed by atoms with Crippen molar-refractivity contribution < 1.29 is 1.37 Å². The van der Waals surface area contributed by atoms with Crippen LogP contribution in [0.2, 0.25) is 0 Å². The Labute approximate surface area is 65.6 Å². The van der Waals surface area contributed by atoms with Crippen LogP contribution in [0.5, 0.6) is 0 Å². The van der Waals surface area contributed by atoms with Crippen LogP contribution in [0.1, 0.15) is 35.0 Å². The summed E-state index contributed by atoms with van der Waals surface area (Å²) >= 11 is 0. The molecular formula is C9H19N. The van der Waals surface area contributed by atoms with Crippen LogP contribution in [0.15, 0.2) is 0 Å². The van der Waals surface area contributed by atoms with Gasteiger partial charge in [0.2, 0.25) is 0 Å². The third kappa shape index (κ3) is 1.98. The molecule has 0 spiro atoms. The fraction of sp³-hybridized carbons (Fsp3) is 1.00. The predicted molar refractivity (Wildman–Crippen MR) is 45.0 cm³/mol. The Morgan fingerprint density at radius 2 is 2.10 bits per heavy atom. The van der Waals surface area contributed by atoms with Crippen LogP contribution in [-0.4, -0.2) is 13.1 Å². The van der Waals surface area contributed by atoms with Gasteiger partial charge in [-0.3, -0.25) is 0 Å². The van der Waals surface area contributed by atoms with Crippen LogP contribution < -0.4 is 5.32 Å². The van der Waals surface area contributed by atoms with Gasteiger partial charge >= 0.3 is 0 Å². The molecule has 0 radical (unpaired) electrons. The first-order chi connectivity index (χ1) is 5.02. The predicted octanol–water partition coefficient (Wildman–Crippen LogP) is 2.03. The second-order valence-corrected chi connectivity index (χ2v) is 4.20. The first-order valence-electron chi connectivity index (χ1n) is 4.72. The van der Waals surface area contributed by atoms with Gasteiger partial charge in [-0.25, -0.2) is 0 Å². The minimum Gasteiger partial charge on any atom is -0.317 e. The Balaban J connectivity index is 2.55. The first kappa shape index (κ1) is 6.66. The largest absolute Gasteiger partial charge is 0.317 e. The van der Waals surface area contributed by atoms with E-state index in [1.165, 1.54) is 0 Å². The molecule has 0 aromatic carbocycles. The lowest BCUT2D eigenvalue weighted by Gasteiger charge is -2.34. The molecule has 1 fully saturated rings. The van der Waals surface area contributed by atoms with Crippen molar-refractivity contribution in [1.82, 2.24) is 5.32 Å². The molecule has 1 heterocycles. The molecule has 10 heavy (non-hydrogen) atoms. The van der Waals surface area contributed by atoms with Gasteiger partial charge in [0, 0.05) is 1.37 Å². The van der Waals surface area contributed by atoms with Crippen LogP contribution in [-0.2, 0) is 0 Å². The monoisotopic (exact) mass is 142 g/mol. The van der Waals surface area contributed by atoms with Gasteiger partial charge in [0.1, 0.15) is 0 Å². The van der Waals surface area contributed by atoms with Crippen molar-refractivity contribution in [3.8, 4) is 0 Å². The molecule has 0 saturated carbocycles. The molecule has 0 aromatic rings. The minimum atomic E-state index is 0.101. The zero-order valence-electron chi connectivity index (χ0n) is 8.28. The molecule has 0 aliphatic carbocycles. The first-order valence-corrected chi connectivity index (χ1v) is 4.15. The maximum Gasteiger partial charge on any atom is 0.0283 e. The molecule has 2 atom stereocenters. The summed E-state index contributed by atoms with van der Waals surface area (Å²) in [7, 11) is 0. The second-order valence-electron chi connectivity index (χ2n) is 4.20. The maximum absolute atomic E-state index is 7.82. The van der Waals surface area contributed by atoms with E-state index >= 15 is 0 Å². The highest BCUT2D eigenvalue weighted by molar-refractivity contribution is 4.78. The molecule has 1 rings (SSSR count). The summed E-state index contributed by atoms with van der Waals surface area (Å²) in [6.45, 7) is 8.69. The molecule has 0 amide bonds. The SMILES string of the molecule is [2H]C1CNCCC1C(C)(C)C. The van der Waals surface area contributed by atoms with E-state index in [-0.39, 0.29) is 6.40 Å².